The molecule has 3 N–H and O–H groups in total. The van der Waals surface area contributed by atoms with Gasteiger partial charge in [0, 0.05) is 29.6 Å². The van der Waals surface area contributed by atoms with Gasteiger partial charge < -0.3 is 20.3 Å². The molecule has 14 heteroatoms. The highest BCUT2D eigenvalue weighted by molar-refractivity contribution is 7.91. The molecule has 5 atom stereocenters. The van der Waals surface area contributed by atoms with E-state index in [0.29, 0.717) is 30.8 Å². The summed E-state index contributed by atoms with van der Waals surface area (Å²) in [6, 6.07) is 20.1. The van der Waals surface area contributed by atoms with E-state index in [1.807, 2.05) is 79.1 Å². The fourth-order valence-corrected chi connectivity index (χ4v) is 9.68. The van der Waals surface area contributed by atoms with Crippen molar-refractivity contribution in [2.45, 2.75) is 113 Å². The number of sulfonamides is 1. The summed E-state index contributed by atoms with van der Waals surface area (Å²) in [7, 11) is -3.98. The average Bonchev–Trinajstić information content (AvgIpc) is 4.02. The molecule has 4 aromatic rings. The van der Waals surface area contributed by atoms with E-state index < -0.39 is 56.2 Å². The van der Waals surface area contributed by atoms with Crippen LogP contribution in [0.15, 0.2) is 84.9 Å². The predicted molar refractivity (Wildman–Crippen MR) is 220 cm³/mol. The highest BCUT2D eigenvalue weighted by Gasteiger charge is 2.63. The van der Waals surface area contributed by atoms with Crippen molar-refractivity contribution in [3.05, 3.63) is 90.8 Å². The number of nitrogens with zero attached hydrogens (tertiary/aromatic N) is 3. The SMILES string of the molecule is CC(C)n1c(O[C@@H]2C[C@H]3C(=O)N[C@]4(C(=O)NS(=O)(=O)C5(C)CC5)C[C@@H]4/C=C\CCCCC[C@H](Nc4ccccc4)C(=O)N3C2)nc2c(-c3ccc(F)cc3)cccc21. The third kappa shape index (κ3) is 7.70. The molecule has 2 aliphatic heterocycles. The minimum atomic E-state index is -3.98. The fourth-order valence-electron chi connectivity index (χ4n) is 8.37. The van der Waals surface area contributed by atoms with Crippen LogP contribution in [0, 0.1) is 11.7 Å². The third-order valence-electron chi connectivity index (χ3n) is 12.2. The van der Waals surface area contributed by atoms with Gasteiger partial charge in [-0.3, -0.25) is 23.7 Å². The Morgan fingerprint density at radius 2 is 1.76 bits per heavy atom. The number of amides is 3. The number of hydrogen-bond acceptors (Lipinski definition) is 8. The van der Waals surface area contributed by atoms with Crippen LogP contribution < -0.4 is 20.1 Å². The number of aromatic nitrogens is 2. The predicted octanol–water partition coefficient (Wildman–Crippen LogP) is 6.65. The number of imidazole rings is 1. The maximum Gasteiger partial charge on any atom is 0.297 e. The lowest BCUT2D eigenvalue weighted by molar-refractivity contribution is -0.140. The largest absolute Gasteiger partial charge is 0.459 e. The van der Waals surface area contributed by atoms with E-state index in [2.05, 4.69) is 15.4 Å². The number of hydrogen-bond donors (Lipinski definition) is 3. The molecule has 0 radical (unpaired) electrons. The Morgan fingerprint density at radius 3 is 2.48 bits per heavy atom. The number of rotatable bonds is 9. The molecule has 306 valence electrons. The molecule has 0 spiro atoms. The molecule has 4 aliphatic rings. The van der Waals surface area contributed by atoms with Crippen molar-refractivity contribution in [1.82, 2.24) is 24.5 Å². The molecular weight excluding hydrogens is 760 g/mol. The van der Waals surface area contributed by atoms with E-state index >= 15 is 0 Å². The summed E-state index contributed by atoms with van der Waals surface area (Å²) in [6.45, 7) is 5.72. The summed E-state index contributed by atoms with van der Waals surface area (Å²) in [5.41, 5.74) is 2.38. The zero-order valence-electron chi connectivity index (χ0n) is 33.1. The molecule has 3 heterocycles. The minimum absolute atomic E-state index is 0.0747. The van der Waals surface area contributed by atoms with Crippen LogP contribution >= 0.6 is 0 Å². The number of carbonyl (C=O) groups is 3. The Kier molecular flexibility index (Phi) is 10.6. The van der Waals surface area contributed by atoms with Crippen LogP contribution in [0.5, 0.6) is 6.01 Å². The van der Waals surface area contributed by atoms with Crippen molar-refractivity contribution in [3.63, 3.8) is 0 Å². The summed E-state index contributed by atoms with van der Waals surface area (Å²) < 4.78 is 50.3. The Labute approximate surface area is 338 Å². The van der Waals surface area contributed by atoms with Gasteiger partial charge in [-0.25, -0.2) is 12.8 Å². The highest BCUT2D eigenvalue weighted by atomic mass is 32.2. The summed E-state index contributed by atoms with van der Waals surface area (Å²) in [4.78, 5) is 49.9. The topological polar surface area (TPSA) is 152 Å². The Bertz CT molecular complexity index is 2340. The quantitative estimate of drug-likeness (QED) is 0.159. The highest BCUT2D eigenvalue weighted by Crippen LogP contribution is 2.47. The summed E-state index contributed by atoms with van der Waals surface area (Å²) in [6.07, 6.45) is 8.31. The van der Waals surface area contributed by atoms with Gasteiger partial charge in [0.05, 0.1) is 16.8 Å². The van der Waals surface area contributed by atoms with E-state index in [1.54, 1.807) is 24.0 Å². The number of para-hydroxylation sites is 2. The number of ether oxygens (including phenoxy) is 1. The molecule has 2 aliphatic carbocycles. The van der Waals surface area contributed by atoms with Crippen molar-refractivity contribution >= 4 is 44.5 Å². The molecular formula is C44H51FN6O6S. The minimum Gasteiger partial charge on any atom is -0.459 e. The Morgan fingerprint density at radius 1 is 1.00 bits per heavy atom. The second-order valence-electron chi connectivity index (χ2n) is 16.8. The van der Waals surface area contributed by atoms with Gasteiger partial charge in [0.1, 0.15) is 35.1 Å². The lowest BCUT2D eigenvalue weighted by Gasteiger charge is -2.30. The first kappa shape index (κ1) is 39.6. The van der Waals surface area contributed by atoms with E-state index in [-0.39, 0.29) is 37.2 Å². The lowest BCUT2D eigenvalue weighted by Crippen LogP contribution is -2.58. The number of nitrogens with one attached hydrogen (secondary N) is 3. The zero-order valence-corrected chi connectivity index (χ0v) is 33.9. The van der Waals surface area contributed by atoms with Crippen molar-refractivity contribution in [3.8, 4) is 17.1 Å². The van der Waals surface area contributed by atoms with Crippen LogP contribution in [0.25, 0.3) is 22.2 Å². The molecule has 12 nitrogen and oxygen atoms in total. The van der Waals surface area contributed by atoms with Crippen molar-refractivity contribution in [2.24, 2.45) is 5.92 Å². The van der Waals surface area contributed by atoms with Gasteiger partial charge in [-0.2, -0.15) is 4.98 Å². The Hall–Kier alpha value is -5.24. The third-order valence-corrected chi connectivity index (χ3v) is 14.4. The number of allylic oxidation sites excluding steroid dienone is 1. The maximum absolute atomic E-state index is 14.8. The molecule has 3 fully saturated rings. The molecule has 8 rings (SSSR count). The summed E-state index contributed by atoms with van der Waals surface area (Å²) in [5.74, 6) is -2.33. The van der Waals surface area contributed by atoms with Gasteiger partial charge in [-0.15, -0.1) is 0 Å². The average molecular weight is 811 g/mol. The molecule has 3 aromatic carbocycles. The number of fused-ring (bicyclic) bond motifs is 3. The molecule has 3 amide bonds. The second kappa shape index (κ2) is 15.5. The van der Waals surface area contributed by atoms with E-state index in [4.69, 9.17) is 9.72 Å². The Balaban J connectivity index is 1.13. The number of halogens is 1. The number of benzene rings is 3. The van der Waals surface area contributed by atoms with Gasteiger partial charge >= 0.3 is 0 Å². The van der Waals surface area contributed by atoms with E-state index in [1.165, 1.54) is 12.1 Å². The molecule has 58 heavy (non-hydrogen) atoms. The van der Waals surface area contributed by atoms with Crippen LogP contribution in [-0.4, -0.2) is 75.6 Å². The molecule has 2 saturated carbocycles. The number of carbonyl (C=O) groups excluding carboxylic acids is 3. The smallest absolute Gasteiger partial charge is 0.297 e. The van der Waals surface area contributed by atoms with Gasteiger partial charge in [0.25, 0.3) is 11.9 Å². The fraction of sp³-hybridized carbons (Fsp3) is 0.455. The normalized spacial score (nSPS) is 26.5. The van der Waals surface area contributed by atoms with Gasteiger partial charge in [-0.1, -0.05) is 67.5 Å². The lowest BCUT2D eigenvalue weighted by atomic mass is 10.0. The first-order chi connectivity index (χ1) is 27.8. The molecule has 0 unspecified atom stereocenters. The van der Waals surface area contributed by atoms with Gasteiger partial charge in [0.15, 0.2) is 0 Å². The van der Waals surface area contributed by atoms with Crippen molar-refractivity contribution in [1.29, 1.82) is 0 Å². The standard InChI is InChI=1S/C44H51FN6O6S/c1-28(2)51-36-18-12-16-34(29-19-21-31(45)22-20-29)38(36)47-42(51)57-33-25-37-39(52)48-44(41(54)49-58(55,56)43(3)23-24-43)26-30(44)13-8-5-4-6-11-17-35(40(53)50(37)27-33)46-32-14-9-7-10-15-32/h7-10,12-16,18-22,28,30,33,35,37,46H,4-6,11,17,23-27H2,1-3H3,(H,48,52)(H,49,54)/b13-8-/t30-,33+,35-,37-,44+/m0/s1. The van der Waals surface area contributed by atoms with Gasteiger partial charge in [-0.05, 0) is 95.2 Å². The molecule has 1 saturated heterocycles. The first-order valence-electron chi connectivity index (χ1n) is 20.4. The van der Waals surface area contributed by atoms with Crippen LogP contribution in [0.4, 0.5) is 10.1 Å². The summed E-state index contributed by atoms with van der Waals surface area (Å²) in [5, 5.41) is 6.39. The molecule has 1 aromatic heterocycles. The monoisotopic (exact) mass is 810 g/mol. The first-order valence-corrected chi connectivity index (χ1v) is 21.9. The molecule has 0 bridgehead atoms. The second-order valence-corrected chi connectivity index (χ2v) is 19.0. The van der Waals surface area contributed by atoms with Crippen LogP contribution in [-0.2, 0) is 24.4 Å². The maximum atomic E-state index is 14.8. The van der Waals surface area contributed by atoms with Crippen LogP contribution in [0.2, 0.25) is 0 Å². The number of anilines is 1. The van der Waals surface area contributed by atoms with Crippen LogP contribution in [0.3, 0.4) is 0 Å². The van der Waals surface area contributed by atoms with E-state index in [9.17, 15) is 27.2 Å². The van der Waals surface area contributed by atoms with Crippen molar-refractivity contribution in [2.75, 3.05) is 11.9 Å². The zero-order chi connectivity index (χ0) is 40.8. The van der Waals surface area contributed by atoms with Gasteiger partial charge in [0.2, 0.25) is 21.8 Å². The van der Waals surface area contributed by atoms with E-state index in [0.717, 1.165) is 48.0 Å². The van der Waals surface area contributed by atoms with Crippen molar-refractivity contribution < 1.29 is 31.9 Å². The summed E-state index contributed by atoms with van der Waals surface area (Å²) >= 11 is 0. The van der Waals surface area contributed by atoms with Crippen LogP contribution in [0.1, 0.15) is 84.6 Å².